The highest BCUT2D eigenvalue weighted by Gasteiger charge is 2.37. The number of para-hydroxylation sites is 1. The first kappa shape index (κ1) is 77.1. The predicted octanol–water partition coefficient (Wildman–Crippen LogP) is 11.9. The van der Waals surface area contributed by atoms with E-state index in [1.165, 1.54) is 77.2 Å². The number of nitrogens with one attached hydrogen (secondary N) is 3. The molecule has 4 aliphatic heterocycles. The zero-order chi connectivity index (χ0) is 77.4. The molecule has 33 heteroatoms. The fraction of sp³-hybridized carbons (Fsp3) is 0.286. The Morgan fingerprint density at radius 3 is 1.72 bits per heavy atom. The third-order valence-electron chi connectivity index (χ3n) is 19.8. The third-order valence-corrected chi connectivity index (χ3v) is 24.9. The molecule has 11 aromatic rings. The van der Waals surface area contributed by atoms with Gasteiger partial charge in [0.2, 0.25) is 29.6 Å². The number of carbonyl (C=O) groups is 4. The van der Waals surface area contributed by atoms with Crippen LogP contribution in [0.4, 0.5) is 44.0 Å². The van der Waals surface area contributed by atoms with E-state index in [0.717, 1.165) is 52.4 Å². The second-order valence-corrected chi connectivity index (χ2v) is 33.4. The lowest BCUT2D eigenvalue weighted by Gasteiger charge is -2.41. The Labute approximate surface area is 653 Å². The van der Waals surface area contributed by atoms with Crippen molar-refractivity contribution >= 4 is 138 Å². The lowest BCUT2D eigenvalue weighted by atomic mass is 10.00. The number of carbonyl (C=O) groups excluding carboxylic acids is 4. The Bertz CT molecular complexity index is 5480. The Morgan fingerprint density at radius 2 is 1.12 bits per heavy atom. The molecule has 15 rings (SSSR count). The lowest BCUT2D eigenvalue weighted by Crippen LogP contribution is -2.55. The molecule has 3 atom stereocenters. The molecule has 0 saturated carbocycles. The molecule has 0 aliphatic carbocycles. The number of fused-ring (bicyclic) bond motifs is 3. The zero-order valence-electron chi connectivity index (χ0n) is 60.6. The Kier molecular flexibility index (Phi) is 23.4. The number of hydrogen-bond acceptors (Lipinski definition) is 19. The molecule has 3 saturated heterocycles. The fourth-order valence-corrected chi connectivity index (χ4v) is 18.0. The van der Waals surface area contributed by atoms with Gasteiger partial charge < -0.3 is 43.4 Å². The third kappa shape index (κ3) is 17.5. The molecule has 0 radical (unpaired) electrons. The van der Waals surface area contributed by atoms with Crippen molar-refractivity contribution in [2.75, 3.05) is 112 Å². The predicted molar refractivity (Wildman–Crippen MR) is 434 cm³/mol. The molecule has 3 N–H and O–H groups in total. The van der Waals surface area contributed by atoms with Crippen molar-refractivity contribution in [1.82, 2.24) is 48.8 Å². The van der Waals surface area contributed by atoms with Gasteiger partial charge in [-0.05, 0) is 177 Å². The highest BCUT2D eigenvalue weighted by Crippen LogP contribution is 2.34. The van der Waals surface area contributed by atoms with Crippen molar-refractivity contribution in [2.24, 2.45) is 5.92 Å². The number of nitrogens with zero attached hydrogens (tertiary/aromatic N) is 14. The Hall–Kier alpha value is -11.1. The Balaban J connectivity index is 0.000000211. The van der Waals surface area contributed by atoms with Gasteiger partial charge in [0, 0.05) is 160 Å². The van der Waals surface area contributed by atoms with Crippen molar-refractivity contribution in [2.45, 2.75) is 73.3 Å². The van der Waals surface area contributed by atoms with Gasteiger partial charge in [0.1, 0.15) is 42.6 Å². The summed E-state index contributed by atoms with van der Waals surface area (Å²) in [5.74, 6) is -0.456. The molecule has 4 amide bonds. The highest BCUT2D eigenvalue weighted by molar-refractivity contribution is 7.93. The van der Waals surface area contributed by atoms with Crippen LogP contribution in [0.1, 0.15) is 58.9 Å². The molecule has 1 unspecified atom stereocenters. The first-order valence-electron chi connectivity index (χ1n) is 35.7. The minimum atomic E-state index is -3.81. The van der Waals surface area contributed by atoms with Crippen LogP contribution in [-0.4, -0.2) is 182 Å². The van der Waals surface area contributed by atoms with Gasteiger partial charge in [0.05, 0.1) is 20.2 Å². The topological polar surface area (TPSA) is 304 Å². The normalized spacial score (nSPS) is 15.8. The number of aryl methyl sites for hydroxylation is 1. The van der Waals surface area contributed by atoms with E-state index in [9.17, 15) is 48.8 Å². The van der Waals surface area contributed by atoms with E-state index in [0.29, 0.717) is 75.5 Å². The number of anilines is 7. The summed E-state index contributed by atoms with van der Waals surface area (Å²) in [5, 5.41) is 4.22. The SMILES string of the molecule is CC(C(=O)N1CCN(c2ccc(S(=O)(=O)Nc3ccncn3)cc2)CC1)N1CCCc2cc(Cl)ccc21.CC(C)[C@H](C(=O)N1CCN(c2ccc(S(=O)(=O)Nc3nccs3)cc2)C(=O)C1)n1ccc2c(F)cccc21.C[C@@H](C(=O)N1CCN(c2ccc(S(=O)(=O)Nc3ncccn3)cc2)CC1)n1ccc2ccccc21.[HH].[HH].[HH].[HH].[HH]. The minimum absolute atomic E-state index is 0. The van der Waals surface area contributed by atoms with E-state index in [2.05, 4.69) is 53.8 Å². The maximum atomic E-state index is 14.3. The number of halogens is 2. The summed E-state index contributed by atoms with van der Waals surface area (Å²) >= 11 is 7.35. The van der Waals surface area contributed by atoms with Crippen molar-refractivity contribution in [3.8, 4) is 0 Å². The second kappa shape index (κ2) is 33.4. The van der Waals surface area contributed by atoms with Gasteiger partial charge >= 0.3 is 0 Å². The molecular weight excluding hydrogens is 1510 g/mol. The van der Waals surface area contributed by atoms with E-state index in [1.807, 2.05) is 96.8 Å². The monoisotopic (exact) mass is 1600 g/mol. The van der Waals surface area contributed by atoms with Gasteiger partial charge in [-0.1, -0.05) is 49.7 Å². The lowest BCUT2D eigenvalue weighted by molar-refractivity contribution is -0.140. The van der Waals surface area contributed by atoms with Gasteiger partial charge in [-0.25, -0.2) is 59.3 Å². The van der Waals surface area contributed by atoms with Gasteiger partial charge in [0.15, 0.2) is 5.13 Å². The van der Waals surface area contributed by atoms with E-state index < -0.39 is 36.1 Å². The number of amides is 4. The van der Waals surface area contributed by atoms with Crippen LogP contribution in [0.3, 0.4) is 0 Å². The molecule has 27 nitrogen and oxygen atoms in total. The quantitative estimate of drug-likeness (QED) is 0.0677. The first-order valence-corrected chi connectivity index (χ1v) is 41.4. The molecule has 4 aliphatic rings. The summed E-state index contributed by atoms with van der Waals surface area (Å²) in [5.41, 5.74) is 6.35. The first-order chi connectivity index (χ1) is 52.9. The van der Waals surface area contributed by atoms with Crippen LogP contribution in [0.5, 0.6) is 0 Å². The van der Waals surface area contributed by atoms with Crippen LogP contribution >= 0.6 is 22.9 Å². The second-order valence-electron chi connectivity index (χ2n) is 27.0. The Morgan fingerprint density at radius 1 is 0.536 bits per heavy atom. The van der Waals surface area contributed by atoms with E-state index in [1.54, 1.807) is 106 Å². The standard InChI is InChI=1S/C26H29ClN6O3S.C26H26FN5O4S2.C25H26N6O3S.5H2/c1-19(33-12-2-3-20-17-21(27)4-9-24(20)33)26(34)32-15-13-31(14-16-32)22-5-7-23(8-6-22)37(35,36)30-25-10-11-28-18-29-25;1-17(2)24(32-12-10-20-21(27)4-3-5-22(20)32)25(34)30-13-14-31(23(33)16-30)18-6-8-19(9-7-18)38(35,36)29-26-28-11-15-37-26;1-19(31-14-11-20-5-2-3-6-23(20)31)24(32)30-17-15-29(16-18-30)21-7-9-22(10-8-21)35(33,34)28-25-26-12-4-13-27-25;;;;;/h4-11,17-19H,2-3,12-16H2,1H3,(H,28,29,30);3-12,15,17,24H,13-14,16H2,1-2H3,(H,28,29);2-14,19H,15-18H2,1H3,(H,26,27,28);5*1H/t;24-;19-;;;;;/m.10...../s1. The van der Waals surface area contributed by atoms with Crippen LogP contribution in [0.15, 0.2) is 221 Å². The number of aromatic nitrogens is 7. The molecule has 5 aromatic heterocycles. The van der Waals surface area contributed by atoms with Gasteiger partial charge in [-0.2, -0.15) is 0 Å². The molecule has 6 aromatic carbocycles. The van der Waals surface area contributed by atoms with Crippen LogP contribution < -0.4 is 33.8 Å². The number of sulfonamides is 3. The van der Waals surface area contributed by atoms with Crippen molar-refractivity contribution in [3.63, 3.8) is 0 Å². The summed E-state index contributed by atoms with van der Waals surface area (Å²) in [6, 6.07) is 43.9. The maximum Gasteiger partial charge on any atom is 0.264 e. The highest BCUT2D eigenvalue weighted by atomic mass is 35.5. The van der Waals surface area contributed by atoms with Crippen molar-refractivity contribution in [3.05, 3.63) is 223 Å². The fourth-order valence-electron chi connectivity index (χ4n) is 14.0. The number of hydrogen-bond donors (Lipinski definition) is 3. The molecule has 3 fully saturated rings. The van der Waals surface area contributed by atoms with Gasteiger partial charge in [-0.3, -0.25) is 28.6 Å². The summed E-state index contributed by atoms with van der Waals surface area (Å²) in [6.07, 6.45) is 12.9. The number of benzene rings is 6. The smallest absolute Gasteiger partial charge is 0.264 e. The molecular formula is C77H91ClFN17O10S4. The average Bonchev–Trinajstić information content (AvgIpc) is 1.68. The van der Waals surface area contributed by atoms with Gasteiger partial charge in [0.25, 0.3) is 30.1 Å². The van der Waals surface area contributed by atoms with Crippen molar-refractivity contribution < 1.29 is 56.0 Å². The van der Waals surface area contributed by atoms with Crippen LogP contribution in [0, 0.1) is 11.7 Å². The van der Waals surface area contributed by atoms with Crippen molar-refractivity contribution in [1.29, 1.82) is 0 Å². The summed E-state index contributed by atoms with van der Waals surface area (Å²) in [7, 11) is -11.3. The van der Waals surface area contributed by atoms with Crippen LogP contribution in [0.25, 0.3) is 21.8 Å². The van der Waals surface area contributed by atoms with Gasteiger partial charge in [-0.15, -0.1) is 11.3 Å². The average molecular weight is 1600 g/mol. The number of piperazine rings is 3. The number of rotatable bonds is 19. The molecule has 9 heterocycles. The van der Waals surface area contributed by atoms with Crippen LogP contribution in [0.2, 0.25) is 5.02 Å². The summed E-state index contributed by atoms with van der Waals surface area (Å²) in [6.45, 7) is 14.2. The summed E-state index contributed by atoms with van der Waals surface area (Å²) in [4.78, 5) is 86.4. The zero-order valence-corrected chi connectivity index (χ0v) is 64.6. The molecule has 0 bridgehead atoms. The maximum absolute atomic E-state index is 14.3. The number of thiazole rings is 1. The molecule has 110 heavy (non-hydrogen) atoms. The van der Waals surface area contributed by atoms with E-state index in [-0.39, 0.29) is 99.3 Å². The van der Waals surface area contributed by atoms with Crippen LogP contribution in [-0.2, 0) is 55.7 Å². The van der Waals surface area contributed by atoms with E-state index in [4.69, 9.17) is 11.6 Å². The minimum Gasteiger partial charge on any atom is -0.368 e. The largest absolute Gasteiger partial charge is 0.368 e. The van der Waals surface area contributed by atoms with E-state index >= 15 is 0 Å². The molecule has 582 valence electrons. The summed E-state index contributed by atoms with van der Waals surface area (Å²) < 4.78 is 101. The molecule has 0 spiro atoms.